The lowest BCUT2D eigenvalue weighted by Crippen LogP contribution is -2.26. The maximum atomic E-state index is 13.3. The topological polar surface area (TPSA) is 55.1 Å². The number of nitrogens with one attached hydrogen (secondary N) is 1. The van der Waals surface area contributed by atoms with Crippen LogP contribution in [-0.4, -0.2) is 19.0 Å². The lowest BCUT2D eigenvalue weighted by atomic mass is 10.1. The fourth-order valence-corrected chi connectivity index (χ4v) is 1.54. The third kappa shape index (κ3) is 4.41. The zero-order chi connectivity index (χ0) is 13.5. The third-order valence-corrected chi connectivity index (χ3v) is 2.73. The highest BCUT2D eigenvalue weighted by Crippen LogP contribution is 2.09. The van der Waals surface area contributed by atoms with Crippen molar-refractivity contribution in [2.45, 2.75) is 19.8 Å². The van der Waals surface area contributed by atoms with E-state index in [0.717, 1.165) is 31.0 Å². The van der Waals surface area contributed by atoms with Crippen molar-refractivity contribution in [3.8, 4) is 0 Å². The standard InChI is InChI=1S/C13H18F2N2O/c1-9(8-16)3-2-6-17-13(18)11-7-10(14)4-5-12(11)15/h4-5,7,9H,2-3,6,8,16H2,1H3,(H,17,18). The maximum Gasteiger partial charge on any atom is 0.254 e. The van der Waals surface area contributed by atoms with Gasteiger partial charge in [-0.2, -0.15) is 0 Å². The van der Waals surface area contributed by atoms with Gasteiger partial charge in [-0.3, -0.25) is 4.79 Å². The quantitative estimate of drug-likeness (QED) is 0.765. The molecule has 1 rings (SSSR count). The predicted molar refractivity (Wildman–Crippen MR) is 66.1 cm³/mol. The molecule has 0 saturated heterocycles. The predicted octanol–water partition coefficient (Wildman–Crippen LogP) is 2.07. The number of rotatable bonds is 6. The lowest BCUT2D eigenvalue weighted by molar-refractivity contribution is 0.0948. The molecule has 1 unspecified atom stereocenters. The molecule has 3 nitrogen and oxygen atoms in total. The molecule has 0 aromatic heterocycles. The summed E-state index contributed by atoms with van der Waals surface area (Å²) in [7, 11) is 0. The summed E-state index contributed by atoms with van der Waals surface area (Å²) in [5, 5.41) is 2.56. The normalized spacial score (nSPS) is 12.2. The van der Waals surface area contributed by atoms with Gasteiger partial charge in [0, 0.05) is 6.54 Å². The monoisotopic (exact) mass is 256 g/mol. The van der Waals surface area contributed by atoms with Crippen LogP contribution in [0.3, 0.4) is 0 Å². The number of nitrogens with two attached hydrogens (primary N) is 1. The second-order valence-corrected chi connectivity index (χ2v) is 4.36. The van der Waals surface area contributed by atoms with Crippen LogP contribution in [0.2, 0.25) is 0 Å². The van der Waals surface area contributed by atoms with E-state index < -0.39 is 17.5 Å². The first kappa shape index (κ1) is 14.6. The Morgan fingerprint density at radius 3 is 2.83 bits per heavy atom. The fraction of sp³-hybridized carbons (Fsp3) is 0.462. The number of carbonyl (C=O) groups is 1. The SMILES string of the molecule is CC(CN)CCCNC(=O)c1cc(F)ccc1F. The van der Waals surface area contributed by atoms with Crippen molar-refractivity contribution < 1.29 is 13.6 Å². The minimum absolute atomic E-state index is 0.262. The molecule has 0 fully saturated rings. The van der Waals surface area contributed by atoms with Crippen LogP contribution < -0.4 is 11.1 Å². The van der Waals surface area contributed by atoms with Gasteiger partial charge in [0.2, 0.25) is 0 Å². The van der Waals surface area contributed by atoms with Crippen LogP contribution >= 0.6 is 0 Å². The summed E-state index contributed by atoms with van der Waals surface area (Å²) in [6.07, 6.45) is 1.66. The van der Waals surface area contributed by atoms with Crippen molar-refractivity contribution >= 4 is 5.91 Å². The minimum Gasteiger partial charge on any atom is -0.352 e. The molecule has 5 heteroatoms. The van der Waals surface area contributed by atoms with Crippen LogP contribution in [0.25, 0.3) is 0 Å². The van der Waals surface area contributed by atoms with Gasteiger partial charge in [-0.15, -0.1) is 0 Å². The second-order valence-electron chi connectivity index (χ2n) is 4.36. The van der Waals surface area contributed by atoms with Crippen molar-refractivity contribution in [2.75, 3.05) is 13.1 Å². The largest absolute Gasteiger partial charge is 0.352 e. The van der Waals surface area contributed by atoms with Gasteiger partial charge in [0.25, 0.3) is 5.91 Å². The number of halogens is 2. The maximum absolute atomic E-state index is 13.3. The summed E-state index contributed by atoms with van der Waals surface area (Å²) in [6, 6.07) is 2.82. The second kappa shape index (κ2) is 7.06. The van der Waals surface area contributed by atoms with Crippen molar-refractivity contribution in [1.82, 2.24) is 5.32 Å². The van der Waals surface area contributed by atoms with E-state index in [0.29, 0.717) is 19.0 Å². The molecule has 1 aromatic carbocycles. The molecule has 3 N–H and O–H groups in total. The Balaban J connectivity index is 2.43. The molecule has 0 radical (unpaired) electrons. The van der Waals surface area contributed by atoms with E-state index >= 15 is 0 Å². The van der Waals surface area contributed by atoms with Gasteiger partial charge in [-0.1, -0.05) is 6.92 Å². The molecule has 1 atom stereocenters. The fourth-order valence-electron chi connectivity index (χ4n) is 1.54. The summed E-state index contributed by atoms with van der Waals surface area (Å²) in [5.41, 5.74) is 5.20. The van der Waals surface area contributed by atoms with E-state index in [4.69, 9.17) is 5.73 Å². The summed E-state index contributed by atoms with van der Waals surface area (Å²) >= 11 is 0. The number of benzene rings is 1. The Morgan fingerprint density at radius 1 is 1.44 bits per heavy atom. The third-order valence-electron chi connectivity index (χ3n) is 2.73. The van der Waals surface area contributed by atoms with Crippen LogP contribution in [0.15, 0.2) is 18.2 Å². The van der Waals surface area contributed by atoms with Crippen molar-refractivity contribution in [3.05, 3.63) is 35.4 Å². The van der Waals surface area contributed by atoms with Gasteiger partial charge in [0.1, 0.15) is 11.6 Å². The van der Waals surface area contributed by atoms with Gasteiger partial charge in [0.05, 0.1) is 5.56 Å². The zero-order valence-electron chi connectivity index (χ0n) is 10.4. The van der Waals surface area contributed by atoms with Gasteiger partial charge >= 0.3 is 0 Å². The van der Waals surface area contributed by atoms with Gasteiger partial charge in [0.15, 0.2) is 0 Å². The molecule has 100 valence electrons. The van der Waals surface area contributed by atoms with Gasteiger partial charge in [-0.05, 0) is 43.5 Å². The number of hydrogen-bond donors (Lipinski definition) is 2. The summed E-state index contributed by atoms with van der Waals surface area (Å²) in [4.78, 5) is 11.6. The molecular formula is C13H18F2N2O. The summed E-state index contributed by atoms with van der Waals surface area (Å²) in [6.45, 7) is 3.06. The first-order valence-corrected chi connectivity index (χ1v) is 5.98. The Kier molecular flexibility index (Phi) is 5.71. The molecule has 0 bridgehead atoms. The lowest BCUT2D eigenvalue weighted by Gasteiger charge is -2.09. The molecule has 0 aliphatic heterocycles. The minimum atomic E-state index is -0.718. The first-order chi connectivity index (χ1) is 8.54. The zero-order valence-corrected chi connectivity index (χ0v) is 10.4. The average molecular weight is 256 g/mol. The van der Waals surface area contributed by atoms with Crippen LogP contribution in [0.5, 0.6) is 0 Å². The Labute approximate surface area is 105 Å². The van der Waals surface area contributed by atoms with E-state index in [-0.39, 0.29) is 5.56 Å². The molecular weight excluding hydrogens is 238 g/mol. The van der Waals surface area contributed by atoms with E-state index in [1.165, 1.54) is 0 Å². The molecule has 1 aromatic rings. The van der Waals surface area contributed by atoms with Crippen molar-refractivity contribution in [2.24, 2.45) is 11.7 Å². The number of amides is 1. The molecule has 0 spiro atoms. The molecule has 1 amide bonds. The molecule has 0 aliphatic rings. The Bertz CT molecular complexity index is 410. The van der Waals surface area contributed by atoms with E-state index in [1.807, 2.05) is 6.92 Å². The van der Waals surface area contributed by atoms with Gasteiger partial charge < -0.3 is 11.1 Å². The van der Waals surface area contributed by atoms with E-state index in [2.05, 4.69) is 5.32 Å². The summed E-state index contributed by atoms with van der Waals surface area (Å²) in [5.74, 6) is -1.54. The Hall–Kier alpha value is -1.49. The highest BCUT2D eigenvalue weighted by atomic mass is 19.1. The van der Waals surface area contributed by atoms with Gasteiger partial charge in [-0.25, -0.2) is 8.78 Å². The molecule has 0 heterocycles. The molecule has 0 saturated carbocycles. The van der Waals surface area contributed by atoms with Crippen LogP contribution in [-0.2, 0) is 0 Å². The number of hydrogen-bond acceptors (Lipinski definition) is 2. The van der Waals surface area contributed by atoms with E-state index in [9.17, 15) is 13.6 Å². The van der Waals surface area contributed by atoms with E-state index in [1.54, 1.807) is 0 Å². The molecule has 18 heavy (non-hydrogen) atoms. The van der Waals surface area contributed by atoms with Crippen LogP contribution in [0.1, 0.15) is 30.1 Å². The molecule has 0 aliphatic carbocycles. The highest BCUT2D eigenvalue weighted by Gasteiger charge is 2.12. The Morgan fingerprint density at radius 2 is 2.17 bits per heavy atom. The van der Waals surface area contributed by atoms with Crippen LogP contribution in [0, 0.1) is 17.6 Å². The summed E-state index contributed by atoms with van der Waals surface area (Å²) < 4.78 is 26.2. The first-order valence-electron chi connectivity index (χ1n) is 5.98. The highest BCUT2D eigenvalue weighted by molar-refractivity contribution is 5.94. The average Bonchev–Trinajstić information content (AvgIpc) is 2.36. The van der Waals surface area contributed by atoms with Crippen molar-refractivity contribution in [3.63, 3.8) is 0 Å². The smallest absolute Gasteiger partial charge is 0.254 e. The number of carbonyl (C=O) groups excluding carboxylic acids is 1. The van der Waals surface area contributed by atoms with Crippen LogP contribution in [0.4, 0.5) is 8.78 Å². The van der Waals surface area contributed by atoms with Crippen molar-refractivity contribution in [1.29, 1.82) is 0 Å².